The molecule has 1 nitrogen and oxygen atoms in total. The van der Waals surface area contributed by atoms with Crippen LogP contribution in [-0.4, -0.2) is 18.3 Å². The van der Waals surface area contributed by atoms with E-state index < -0.39 is 0 Å². The molecule has 1 saturated carbocycles. The van der Waals surface area contributed by atoms with Gasteiger partial charge < -0.3 is 5.32 Å². The molecule has 1 fully saturated rings. The van der Waals surface area contributed by atoms with Crippen LogP contribution in [0.5, 0.6) is 0 Å². The van der Waals surface area contributed by atoms with E-state index in [1.165, 1.54) is 37.9 Å². The number of allylic oxidation sites excluding steroid dienone is 3. The van der Waals surface area contributed by atoms with Gasteiger partial charge >= 0.3 is 0 Å². The molecule has 1 atom stereocenters. The third-order valence-corrected chi connectivity index (χ3v) is 6.23. The van der Waals surface area contributed by atoms with Crippen molar-refractivity contribution in [3.8, 4) is 0 Å². The van der Waals surface area contributed by atoms with Gasteiger partial charge in [-0.05, 0) is 67.8 Å². The van der Waals surface area contributed by atoms with Crippen molar-refractivity contribution < 1.29 is 0 Å². The van der Waals surface area contributed by atoms with Gasteiger partial charge in [0, 0.05) is 6.54 Å². The van der Waals surface area contributed by atoms with Crippen molar-refractivity contribution in [3.63, 3.8) is 0 Å². The molecule has 1 N–H and O–H groups in total. The van der Waals surface area contributed by atoms with E-state index in [-0.39, 0.29) is 0 Å². The molecule has 1 heterocycles. The van der Waals surface area contributed by atoms with Gasteiger partial charge in [0.1, 0.15) is 0 Å². The Morgan fingerprint density at radius 3 is 2.08 bits per heavy atom. The van der Waals surface area contributed by atoms with E-state index in [0.29, 0.717) is 6.04 Å². The lowest BCUT2D eigenvalue weighted by Crippen LogP contribution is -2.44. The summed E-state index contributed by atoms with van der Waals surface area (Å²) in [4.78, 5) is 1.60. The van der Waals surface area contributed by atoms with Crippen molar-refractivity contribution in [1.29, 1.82) is 0 Å². The van der Waals surface area contributed by atoms with Gasteiger partial charge in [-0.3, -0.25) is 0 Å². The lowest BCUT2D eigenvalue weighted by Gasteiger charge is -2.43. The third kappa shape index (κ3) is 6.32. The van der Waals surface area contributed by atoms with Crippen LogP contribution in [0.1, 0.15) is 94.4 Å². The lowest BCUT2D eigenvalue weighted by atomic mass is 9.68. The molecule has 146 valence electrons. The Kier molecular flexibility index (Phi) is 13.4. The fourth-order valence-corrected chi connectivity index (χ4v) is 4.62. The maximum atomic E-state index is 3.82. The Balaban J connectivity index is 0.000000871. The Labute approximate surface area is 162 Å². The highest BCUT2D eigenvalue weighted by Crippen LogP contribution is 2.45. The normalized spacial score (nSPS) is 21.2. The second-order valence-corrected chi connectivity index (χ2v) is 7.30. The van der Waals surface area contributed by atoms with Gasteiger partial charge in [-0.1, -0.05) is 65.2 Å². The molecule has 3 rings (SSSR count). The van der Waals surface area contributed by atoms with Crippen LogP contribution in [0.2, 0.25) is 0 Å². The molecule has 0 amide bonds. The summed E-state index contributed by atoms with van der Waals surface area (Å²) in [5.74, 6) is 1.31. The van der Waals surface area contributed by atoms with Gasteiger partial charge in [-0.15, -0.1) is 11.8 Å². The Morgan fingerprint density at radius 1 is 0.920 bits per heavy atom. The molecule has 0 radical (unpaired) electrons. The van der Waals surface area contributed by atoms with Crippen molar-refractivity contribution in [2.75, 3.05) is 12.3 Å². The molecule has 0 spiro atoms. The van der Waals surface area contributed by atoms with Gasteiger partial charge in [-0.2, -0.15) is 0 Å². The minimum absolute atomic E-state index is 0.589. The lowest BCUT2D eigenvalue weighted by molar-refractivity contribution is 0.542. The van der Waals surface area contributed by atoms with Crippen LogP contribution < -0.4 is 5.32 Å². The molecule has 0 aromatic heterocycles. The molecule has 2 bridgehead atoms. The highest BCUT2D eigenvalue weighted by Gasteiger charge is 2.36. The van der Waals surface area contributed by atoms with E-state index in [1.54, 1.807) is 32.8 Å². The quantitative estimate of drug-likeness (QED) is 0.513. The zero-order valence-corrected chi connectivity index (χ0v) is 19.3. The first-order valence-corrected chi connectivity index (χ1v) is 11.6. The van der Waals surface area contributed by atoms with Gasteiger partial charge in [0.05, 0.1) is 6.04 Å². The second-order valence-electron chi connectivity index (χ2n) is 6.11. The summed E-state index contributed by atoms with van der Waals surface area (Å²) >= 11 is 2.07. The second kappa shape index (κ2) is 13.7. The minimum Gasteiger partial charge on any atom is -0.302 e. The molecule has 2 heteroatoms. The number of hydrogen-bond acceptors (Lipinski definition) is 2. The van der Waals surface area contributed by atoms with Crippen LogP contribution in [0.4, 0.5) is 0 Å². The molecular weight excluding hydrogens is 322 g/mol. The summed E-state index contributed by atoms with van der Waals surface area (Å²) in [6, 6.07) is 0.589. The Bertz CT molecular complexity index is 482. The van der Waals surface area contributed by atoms with E-state index in [0.717, 1.165) is 6.54 Å². The van der Waals surface area contributed by atoms with Gasteiger partial charge in [-0.25, -0.2) is 0 Å². The first-order chi connectivity index (χ1) is 12.2. The summed E-state index contributed by atoms with van der Waals surface area (Å²) in [7, 11) is 0. The van der Waals surface area contributed by atoms with E-state index >= 15 is 0 Å². The maximum absolute atomic E-state index is 3.82. The topological polar surface area (TPSA) is 12.0 Å². The summed E-state index contributed by atoms with van der Waals surface area (Å²) in [6.45, 7) is 20.0. The molecule has 0 aromatic carbocycles. The monoisotopic (exact) mass is 365 g/mol. The standard InChI is InChI=1S/C17H25NS.3C2H6/c1-4-13-8-12(3)14-9-15(13)17(14)18-10-16-11(2)6-5-7-19-16;3*1-2/h17-18H,4-10H2,1-3H3;3*1-2H3. The first-order valence-electron chi connectivity index (χ1n) is 10.6. The number of fused-ring (bicyclic) bond motifs is 2. The van der Waals surface area contributed by atoms with Crippen molar-refractivity contribution in [2.45, 2.75) is 100 Å². The summed E-state index contributed by atoms with van der Waals surface area (Å²) in [5.41, 5.74) is 8.34. The van der Waals surface area contributed by atoms with Gasteiger partial charge in [0.25, 0.3) is 0 Å². The molecular formula is C23H43NS. The van der Waals surface area contributed by atoms with Gasteiger partial charge in [0.2, 0.25) is 0 Å². The van der Waals surface area contributed by atoms with Crippen LogP contribution in [0.15, 0.2) is 32.8 Å². The Morgan fingerprint density at radius 2 is 1.56 bits per heavy atom. The van der Waals surface area contributed by atoms with Crippen molar-refractivity contribution >= 4 is 11.8 Å². The summed E-state index contributed by atoms with van der Waals surface area (Å²) in [5, 5.41) is 3.82. The average molecular weight is 366 g/mol. The summed E-state index contributed by atoms with van der Waals surface area (Å²) < 4.78 is 0. The fourth-order valence-electron chi connectivity index (χ4n) is 3.55. The molecule has 25 heavy (non-hydrogen) atoms. The predicted molar refractivity (Wildman–Crippen MR) is 119 cm³/mol. The van der Waals surface area contributed by atoms with E-state index in [4.69, 9.17) is 0 Å². The fraction of sp³-hybridized carbons (Fsp3) is 0.739. The van der Waals surface area contributed by atoms with Crippen LogP contribution in [-0.2, 0) is 0 Å². The molecule has 0 aromatic rings. The average Bonchev–Trinajstić information content (AvgIpc) is 2.67. The SMILES string of the molecule is CC.CC.CC.CCC1=C2CC(=C(C)C1)C2NCC1=C(C)CCCS1. The maximum Gasteiger partial charge on any atom is 0.0509 e. The molecule has 0 saturated heterocycles. The zero-order chi connectivity index (χ0) is 19.4. The van der Waals surface area contributed by atoms with Crippen LogP contribution in [0.25, 0.3) is 0 Å². The molecule has 2 aliphatic carbocycles. The van der Waals surface area contributed by atoms with Crippen molar-refractivity contribution in [1.82, 2.24) is 5.32 Å². The highest BCUT2D eigenvalue weighted by atomic mass is 32.2. The third-order valence-electron chi connectivity index (χ3n) is 4.90. The molecule has 1 aliphatic heterocycles. The van der Waals surface area contributed by atoms with Gasteiger partial charge in [0.15, 0.2) is 0 Å². The largest absolute Gasteiger partial charge is 0.302 e. The summed E-state index contributed by atoms with van der Waals surface area (Å²) in [6.07, 6.45) is 6.40. The number of nitrogens with one attached hydrogen (secondary N) is 1. The number of hydrogen-bond donors (Lipinski definition) is 1. The van der Waals surface area contributed by atoms with E-state index in [9.17, 15) is 0 Å². The molecule has 1 unspecified atom stereocenters. The van der Waals surface area contributed by atoms with E-state index in [2.05, 4.69) is 37.8 Å². The molecule has 3 aliphatic rings. The number of thioether (sulfide) groups is 1. The first kappa shape index (κ1) is 24.5. The smallest absolute Gasteiger partial charge is 0.0509 e. The van der Waals surface area contributed by atoms with Crippen molar-refractivity contribution in [3.05, 3.63) is 32.8 Å². The Hall–Kier alpha value is -0.470. The van der Waals surface area contributed by atoms with E-state index in [1.807, 2.05) is 41.5 Å². The highest BCUT2D eigenvalue weighted by molar-refractivity contribution is 8.03. The van der Waals surface area contributed by atoms with Crippen molar-refractivity contribution in [2.24, 2.45) is 0 Å². The minimum atomic E-state index is 0.589. The number of rotatable bonds is 4. The van der Waals surface area contributed by atoms with Crippen LogP contribution >= 0.6 is 11.8 Å². The zero-order valence-electron chi connectivity index (χ0n) is 18.4. The van der Waals surface area contributed by atoms with Crippen LogP contribution in [0.3, 0.4) is 0 Å². The van der Waals surface area contributed by atoms with Crippen LogP contribution in [0, 0.1) is 0 Å². The predicted octanol–water partition coefficient (Wildman–Crippen LogP) is 7.65.